The topological polar surface area (TPSA) is 51.9 Å². The number of ether oxygens (including phenoxy) is 2. The molecule has 2 aromatic rings. The molecular weight excluding hydrogens is 270 g/mol. The normalized spacial score (nSPS) is 15.0. The van der Waals surface area contributed by atoms with Gasteiger partial charge in [0.25, 0.3) is 0 Å². The largest absolute Gasteiger partial charge is 0.497 e. The molecule has 0 N–H and O–H groups in total. The summed E-state index contributed by atoms with van der Waals surface area (Å²) in [6.45, 7) is 2.76. The molecule has 2 heterocycles. The Kier molecular flexibility index (Phi) is 3.92. The Morgan fingerprint density at radius 2 is 1.81 bits per heavy atom. The van der Waals surface area contributed by atoms with E-state index in [9.17, 15) is 4.79 Å². The van der Waals surface area contributed by atoms with Crippen LogP contribution < -0.4 is 15.1 Å². The van der Waals surface area contributed by atoms with Gasteiger partial charge in [0.15, 0.2) is 11.3 Å². The van der Waals surface area contributed by atoms with Crippen LogP contribution in [0, 0.1) is 0 Å². The molecule has 0 unspecified atom stereocenters. The predicted molar refractivity (Wildman–Crippen MR) is 80.0 cm³/mol. The fourth-order valence-electron chi connectivity index (χ4n) is 2.30. The second-order valence-electron chi connectivity index (χ2n) is 4.82. The summed E-state index contributed by atoms with van der Waals surface area (Å²) in [4.78, 5) is 13.9. The van der Waals surface area contributed by atoms with Crippen molar-refractivity contribution in [2.24, 2.45) is 0 Å². The molecule has 1 aliphatic heterocycles. The van der Waals surface area contributed by atoms with Crippen molar-refractivity contribution >= 4 is 5.88 Å². The van der Waals surface area contributed by atoms with Crippen LogP contribution >= 0.6 is 0 Å². The van der Waals surface area contributed by atoms with E-state index in [2.05, 4.69) is 0 Å². The highest BCUT2D eigenvalue weighted by molar-refractivity contribution is 5.59. The third-order valence-corrected chi connectivity index (χ3v) is 3.45. The summed E-state index contributed by atoms with van der Waals surface area (Å²) in [5.74, 6) is 1.92. The highest BCUT2D eigenvalue weighted by atomic mass is 16.5. The van der Waals surface area contributed by atoms with Gasteiger partial charge in [-0.3, -0.25) is 4.79 Å². The highest BCUT2D eigenvalue weighted by Crippen LogP contribution is 2.25. The molecule has 5 heteroatoms. The maximum Gasteiger partial charge on any atom is 0.200 e. The number of methoxy groups -OCH3 is 1. The lowest BCUT2D eigenvalue weighted by molar-refractivity contribution is 0.120. The number of hydrogen-bond acceptors (Lipinski definition) is 5. The van der Waals surface area contributed by atoms with E-state index >= 15 is 0 Å². The van der Waals surface area contributed by atoms with Gasteiger partial charge in [-0.25, -0.2) is 0 Å². The summed E-state index contributed by atoms with van der Waals surface area (Å²) in [5, 5.41) is 0. The first kappa shape index (κ1) is 13.7. The summed E-state index contributed by atoms with van der Waals surface area (Å²) in [6.07, 6.45) is 0. The first-order valence-corrected chi connectivity index (χ1v) is 6.88. The van der Waals surface area contributed by atoms with Crippen LogP contribution in [0.4, 0.5) is 5.88 Å². The second kappa shape index (κ2) is 6.01. The van der Waals surface area contributed by atoms with Crippen LogP contribution in [-0.2, 0) is 4.74 Å². The Balaban J connectivity index is 1.94. The summed E-state index contributed by atoms with van der Waals surface area (Å²) in [6, 6.07) is 10.5. The zero-order valence-electron chi connectivity index (χ0n) is 11.9. The van der Waals surface area contributed by atoms with E-state index in [-0.39, 0.29) is 5.43 Å². The van der Waals surface area contributed by atoms with E-state index in [0.29, 0.717) is 24.9 Å². The van der Waals surface area contributed by atoms with Crippen LogP contribution in [0.2, 0.25) is 0 Å². The number of morpholine rings is 1. The van der Waals surface area contributed by atoms with Crippen LogP contribution in [0.15, 0.2) is 45.6 Å². The Hall–Kier alpha value is -2.27. The molecule has 0 amide bonds. The van der Waals surface area contributed by atoms with Gasteiger partial charge in [0.05, 0.1) is 20.3 Å². The molecule has 0 saturated carbocycles. The highest BCUT2D eigenvalue weighted by Gasteiger charge is 2.15. The average Bonchev–Trinajstić information content (AvgIpc) is 2.55. The van der Waals surface area contributed by atoms with E-state index in [1.165, 1.54) is 12.1 Å². The fourth-order valence-corrected chi connectivity index (χ4v) is 2.30. The maximum atomic E-state index is 11.9. The summed E-state index contributed by atoms with van der Waals surface area (Å²) < 4.78 is 16.3. The van der Waals surface area contributed by atoms with Crippen molar-refractivity contribution in [3.05, 3.63) is 46.6 Å². The van der Waals surface area contributed by atoms with Gasteiger partial charge in [-0.15, -0.1) is 0 Å². The molecule has 1 aliphatic rings. The number of hydrogen-bond donors (Lipinski definition) is 0. The standard InChI is InChI=1S/C16H17NO4/c1-19-14-4-2-12(3-5-14)15-10-13(18)11-16(21-15)17-6-8-20-9-7-17/h2-5,10-11H,6-9H2,1H3. The van der Waals surface area contributed by atoms with Crippen LogP contribution in [0.5, 0.6) is 5.75 Å². The molecule has 0 radical (unpaired) electrons. The van der Waals surface area contributed by atoms with Crippen molar-refractivity contribution in [1.82, 2.24) is 0 Å². The van der Waals surface area contributed by atoms with Crippen LogP contribution in [0.1, 0.15) is 0 Å². The van der Waals surface area contributed by atoms with Gasteiger partial charge in [0.1, 0.15) is 11.5 Å². The van der Waals surface area contributed by atoms with Crippen LogP contribution in [0.3, 0.4) is 0 Å². The monoisotopic (exact) mass is 287 g/mol. The Labute approximate surface area is 122 Å². The lowest BCUT2D eigenvalue weighted by atomic mass is 10.1. The molecule has 5 nitrogen and oxygen atoms in total. The lowest BCUT2D eigenvalue weighted by Gasteiger charge is -2.27. The molecule has 3 rings (SSSR count). The maximum absolute atomic E-state index is 11.9. The third-order valence-electron chi connectivity index (χ3n) is 3.45. The van der Waals surface area contributed by atoms with Crippen LogP contribution in [0.25, 0.3) is 11.3 Å². The minimum atomic E-state index is -0.0615. The van der Waals surface area contributed by atoms with Crippen molar-refractivity contribution in [3.8, 4) is 17.1 Å². The van der Waals surface area contributed by atoms with Gasteiger partial charge in [0, 0.05) is 30.8 Å². The molecule has 110 valence electrons. The van der Waals surface area contributed by atoms with E-state index in [4.69, 9.17) is 13.9 Å². The van der Waals surface area contributed by atoms with Gasteiger partial charge >= 0.3 is 0 Å². The zero-order valence-corrected chi connectivity index (χ0v) is 11.9. The van der Waals surface area contributed by atoms with Gasteiger partial charge in [-0.05, 0) is 24.3 Å². The fraction of sp³-hybridized carbons (Fsp3) is 0.312. The lowest BCUT2D eigenvalue weighted by Crippen LogP contribution is -2.36. The number of anilines is 1. The van der Waals surface area contributed by atoms with E-state index < -0.39 is 0 Å². The Bertz CT molecular complexity index is 657. The van der Waals surface area contributed by atoms with E-state index in [1.54, 1.807) is 7.11 Å². The zero-order chi connectivity index (χ0) is 14.7. The number of nitrogens with zero attached hydrogens (tertiary/aromatic N) is 1. The first-order chi connectivity index (χ1) is 10.3. The van der Waals surface area contributed by atoms with Gasteiger partial charge < -0.3 is 18.8 Å². The van der Waals surface area contributed by atoms with E-state index in [1.807, 2.05) is 29.2 Å². The van der Waals surface area contributed by atoms with E-state index in [0.717, 1.165) is 24.4 Å². The molecule has 21 heavy (non-hydrogen) atoms. The van der Waals surface area contributed by atoms with Crippen LogP contribution in [-0.4, -0.2) is 33.4 Å². The van der Waals surface area contributed by atoms with Gasteiger partial charge in [-0.1, -0.05) is 0 Å². The number of rotatable bonds is 3. The summed E-state index contributed by atoms with van der Waals surface area (Å²) in [7, 11) is 1.62. The van der Waals surface area contributed by atoms with Crippen molar-refractivity contribution in [2.45, 2.75) is 0 Å². The molecule has 1 fully saturated rings. The van der Waals surface area contributed by atoms with Crippen molar-refractivity contribution in [1.29, 1.82) is 0 Å². The summed E-state index contributed by atoms with van der Waals surface area (Å²) in [5.41, 5.74) is 0.788. The van der Waals surface area contributed by atoms with Gasteiger partial charge in [-0.2, -0.15) is 0 Å². The smallest absolute Gasteiger partial charge is 0.200 e. The molecule has 0 bridgehead atoms. The molecular formula is C16H17NO4. The van der Waals surface area contributed by atoms with Crippen molar-refractivity contribution in [3.63, 3.8) is 0 Å². The first-order valence-electron chi connectivity index (χ1n) is 6.88. The molecule has 0 spiro atoms. The molecule has 0 aliphatic carbocycles. The molecule has 0 atom stereocenters. The quantitative estimate of drug-likeness (QED) is 0.866. The second-order valence-corrected chi connectivity index (χ2v) is 4.82. The summed E-state index contributed by atoms with van der Waals surface area (Å²) >= 11 is 0. The minimum Gasteiger partial charge on any atom is -0.497 e. The molecule has 1 aromatic heterocycles. The SMILES string of the molecule is COc1ccc(-c2cc(=O)cc(N3CCOCC3)o2)cc1. The number of benzene rings is 1. The van der Waals surface area contributed by atoms with Gasteiger partial charge in [0.2, 0.25) is 0 Å². The third kappa shape index (κ3) is 3.08. The van der Waals surface area contributed by atoms with Crippen molar-refractivity contribution < 1.29 is 13.9 Å². The predicted octanol–water partition coefficient (Wildman–Crippen LogP) is 2.15. The molecule has 1 aromatic carbocycles. The Morgan fingerprint density at radius 1 is 1.10 bits per heavy atom. The van der Waals surface area contributed by atoms with Crippen molar-refractivity contribution in [2.75, 3.05) is 38.3 Å². The average molecular weight is 287 g/mol. The minimum absolute atomic E-state index is 0.0615. The molecule has 1 saturated heterocycles. The Morgan fingerprint density at radius 3 is 2.48 bits per heavy atom.